The van der Waals surface area contributed by atoms with Crippen LogP contribution in [0.5, 0.6) is 0 Å². The lowest BCUT2D eigenvalue weighted by atomic mass is 9.86. The molecule has 0 bridgehead atoms. The predicted octanol–water partition coefficient (Wildman–Crippen LogP) is 3.37. The SMILES string of the molecule is C[C@H]1C(F)=C(F)C=C(F)[C@@]1(C)F. The second-order valence-electron chi connectivity index (χ2n) is 2.99. The van der Waals surface area contributed by atoms with Gasteiger partial charge in [-0.05, 0) is 6.92 Å². The molecule has 4 heteroatoms. The van der Waals surface area contributed by atoms with Crippen molar-refractivity contribution in [3.05, 3.63) is 23.6 Å². The Balaban J connectivity index is 3.16. The first kappa shape index (κ1) is 9.29. The van der Waals surface area contributed by atoms with Gasteiger partial charge in [-0.1, -0.05) is 6.92 Å². The summed E-state index contributed by atoms with van der Waals surface area (Å²) in [6.07, 6.45) is 0.245. The third-order valence-electron chi connectivity index (χ3n) is 2.14. The Bertz CT molecular complexity index is 262. The summed E-state index contributed by atoms with van der Waals surface area (Å²) in [5.41, 5.74) is -2.43. The van der Waals surface area contributed by atoms with Gasteiger partial charge in [-0.2, -0.15) is 0 Å². The topological polar surface area (TPSA) is 0 Å². The number of hydrogen-bond donors (Lipinski definition) is 0. The third-order valence-corrected chi connectivity index (χ3v) is 2.14. The van der Waals surface area contributed by atoms with E-state index >= 15 is 0 Å². The molecule has 12 heavy (non-hydrogen) atoms. The quantitative estimate of drug-likeness (QED) is 0.501. The zero-order valence-corrected chi connectivity index (χ0v) is 6.67. The van der Waals surface area contributed by atoms with Crippen LogP contribution in [0.4, 0.5) is 17.6 Å². The van der Waals surface area contributed by atoms with Crippen LogP contribution in [0.3, 0.4) is 0 Å². The smallest absolute Gasteiger partial charge is 0.168 e. The van der Waals surface area contributed by atoms with Crippen LogP contribution in [0, 0.1) is 5.92 Å². The largest absolute Gasteiger partial charge is 0.236 e. The van der Waals surface area contributed by atoms with Gasteiger partial charge < -0.3 is 0 Å². The minimum absolute atomic E-state index is 0.245. The van der Waals surface area contributed by atoms with Gasteiger partial charge in [0.1, 0.15) is 11.7 Å². The van der Waals surface area contributed by atoms with Crippen molar-refractivity contribution in [1.29, 1.82) is 0 Å². The summed E-state index contributed by atoms with van der Waals surface area (Å²) in [5.74, 6) is -5.23. The first-order valence-electron chi connectivity index (χ1n) is 3.49. The molecule has 2 atom stereocenters. The molecular weight excluding hydrogens is 172 g/mol. The molecule has 0 saturated carbocycles. The van der Waals surface area contributed by atoms with Gasteiger partial charge in [-0.3, -0.25) is 0 Å². The van der Waals surface area contributed by atoms with E-state index in [0.29, 0.717) is 0 Å². The van der Waals surface area contributed by atoms with Crippen molar-refractivity contribution >= 4 is 0 Å². The number of hydrogen-bond acceptors (Lipinski definition) is 0. The number of allylic oxidation sites excluding steroid dienone is 4. The average Bonchev–Trinajstić information content (AvgIpc) is 1.99. The molecule has 0 saturated heterocycles. The van der Waals surface area contributed by atoms with E-state index in [4.69, 9.17) is 0 Å². The molecular formula is C8H8F4. The van der Waals surface area contributed by atoms with E-state index in [1.54, 1.807) is 0 Å². The Kier molecular flexibility index (Phi) is 2.02. The van der Waals surface area contributed by atoms with Crippen LogP contribution in [0.2, 0.25) is 0 Å². The van der Waals surface area contributed by atoms with Crippen LogP contribution < -0.4 is 0 Å². The monoisotopic (exact) mass is 180 g/mol. The highest BCUT2D eigenvalue weighted by atomic mass is 19.2. The van der Waals surface area contributed by atoms with Gasteiger partial charge in [0.2, 0.25) is 0 Å². The molecule has 0 aromatic carbocycles. The fourth-order valence-electron chi connectivity index (χ4n) is 0.973. The molecule has 0 aliphatic heterocycles. The molecule has 0 radical (unpaired) electrons. The molecule has 0 N–H and O–H groups in total. The van der Waals surface area contributed by atoms with Gasteiger partial charge in [0.15, 0.2) is 11.5 Å². The highest BCUT2D eigenvalue weighted by Crippen LogP contribution is 2.41. The van der Waals surface area contributed by atoms with Crippen molar-refractivity contribution in [2.24, 2.45) is 5.92 Å². The second-order valence-corrected chi connectivity index (χ2v) is 2.99. The molecule has 0 nitrogen and oxygen atoms in total. The highest BCUT2D eigenvalue weighted by molar-refractivity contribution is 5.31. The second kappa shape index (κ2) is 2.61. The van der Waals surface area contributed by atoms with Crippen LogP contribution in [-0.4, -0.2) is 5.67 Å². The molecule has 0 fully saturated rings. The van der Waals surface area contributed by atoms with Gasteiger partial charge in [0.25, 0.3) is 0 Å². The summed E-state index contributed by atoms with van der Waals surface area (Å²) in [5, 5.41) is 0. The van der Waals surface area contributed by atoms with Gasteiger partial charge in [0, 0.05) is 6.08 Å². The fraction of sp³-hybridized carbons (Fsp3) is 0.500. The first-order chi connectivity index (χ1) is 5.37. The maximum Gasteiger partial charge on any atom is 0.168 e. The van der Waals surface area contributed by atoms with Gasteiger partial charge in [-0.25, -0.2) is 17.6 Å². The van der Waals surface area contributed by atoms with Crippen LogP contribution in [0.25, 0.3) is 0 Å². The van der Waals surface area contributed by atoms with Crippen molar-refractivity contribution in [2.45, 2.75) is 19.5 Å². The van der Waals surface area contributed by atoms with E-state index in [0.717, 1.165) is 13.8 Å². The predicted molar refractivity (Wildman–Crippen MR) is 37.1 cm³/mol. The van der Waals surface area contributed by atoms with E-state index < -0.39 is 29.1 Å². The summed E-state index contributed by atoms with van der Waals surface area (Å²) in [4.78, 5) is 0. The van der Waals surface area contributed by atoms with E-state index in [2.05, 4.69) is 0 Å². The minimum atomic E-state index is -2.43. The summed E-state index contributed by atoms with van der Waals surface area (Å²) < 4.78 is 51.0. The Morgan fingerprint density at radius 1 is 1.33 bits per heavy atom. The molecule has 1 rings (SSSR count). The lowest BCUT2D eigenvalue weighted by Gasteiger charge is -2.27. The zero-order valence-electron chi connectivity index (χ0n) is 6.67. The Labute approximate surface area is 67.6 Å². The van der Waals surface area contributed by atoms with E-state index in [1.807, 2.05) is 0 Å². The van der Waals surface area contributed by atoms with E-state index in [9.17, 15) is 17.6 Å². The number of alkyl halides is 1. The van der Waals surface area contributed by atoms with Crippen molar-refractivity contribution in [3.8, 4) is 0 Å². The van der Waals surface area contributed by atoms with Crippen molar-refractivity contribution in [2.75, 3.05) is 0 Å². The van der Waals surface area contributed by atoms with E-state index in [-0.39, 0.29) is 6.08 Å². The summed E-state index contributed by atoms with van der Waals surface area (Å²) in [7, 11) is 0. The molecule has 1 aliphatic rings. The summed E-state index contributed by atoms with van der Waals surface area (Å²) in [6.45, 7) is 1.98. The maximum absolute atomic E-state index is 13.2. The van der Waals surface area contributed by atoms with Crippen LogP contribution in [-0.2, 0) is 0 Å². The maximum atomic E-state index is 13.2. The molecule has 0 heterocycles. The van der Waals surface area contributed by atoms with Crippen LogP contribution in [0.15, 0.2) is 23.6 Å². The van der Waals surface area contributed by atoms with Gasteiger partial charge in [0.05, 0.1) is 5.92 Å². The molecule has 0 amide bonds. The Hall–Kier alpha value is -0.800. The first-order valence-corrected chi connectivity index (χ1v) is 3.49. The average molecular weight is 180 g/mol. The van der Waals surface area contributed by atoms with Gasteiger partial charge in [-0.15, -0.1) is 0 Å². The van der Waals surface area contributed by atoms with E-state index in [1.165, 1.54) is 0 Å². The standard InChI is InChI=1S/C8H8F4/c1-4-7(11)5(9)3-6(10)8(4,2)12/h3-4H,1-2H3/t4-,8-/m0/s1. The fourth-order valence-corrected chi connectivity index (χ4v) is 0.973. The molecule has 68 valence electrons. The summed E-state index contributed by atoms with van der Waals surface area (Å²) >= 11 is 0. The molecule has 0 unspecified atom stereocenters. The van der Waals surface area contributed by atoms with Crippen LogP contribution >= 0.6 is 0 Å². The van der Waals surface area contributed by atoms with Crippen molar-refractivity contribution in [3.63, 3.8) is 0 Å². The lowest BCUT2D eigenvalue weighted by Crippen LogP contribution is -2.31. The molecule has 0 aromatic rings. The Morgan fingerprint density at radius 2 is 1.83 bits per heavy atom. The van der Waals surface area contributed by atoms with Crippen molar-refractivity contribution < 1.29 is 17.6 Å². The number of rotatable bonds is 0. The summed E-state index contributed by atoms with van der Waals surface area (Å²) in [6, 6.07) is 0. The molecule has 0 spiro atoms. The Morgan fingerprint density at radius 3 is 2.33 bits per heavy atom. The van der Waals surface area contributed by atoms with Crippen LogP contribution in [0.1, 0.15) is 13.8 Å². The minimum Gasteiger partial charge on any atom is -0.236 e. The highest BCUT2D eigenvalue weighted by Gasteiger charge is 2.43. The lowest BCUT2D eigenvalue weighted by molar-refractivity contribution is 0.122. The normalized spacial score (nSPS) is 36.8. The third kappa shape index (κ3) is 1.15. The number of halogens is 4. The molecule has 0 aromatic heterocycles. The van der Waals surface area contributed by atoms with Gasteiger partial charge >= 0.3 is 0 Å². The zero-order chi connectivity index (χ0) is 9.52. The van der Waals surface area contributed by atoms with Crippen molar-refractivity contribution in [1.82, 2.24) is 0 Å². The molecule has 1 aliphatic carbocycles.